The van der Waals surface area contributed by atoms with Gasteiger partial charge in [-0.15, -0.1) is 0 Å². The molecule has 2 rings (SSSR count). The largest absolute Gasteiger partial charge is 0.383 e. The lowest BCUT2D eigenvalue weighted by molar-refractivity contribution is 0.416. The summed E-state index contributed by atoms with van der Waals surface area (Å²) in [5.74, 6) is 1.21. The monoisotopic (exact) mass is 267 g/mol. The maximum absolute atomic E-state index is 6.05. The molecule has 1 aliphatic rings. The van der Waals surface area contributed by atoms with Gasteiger partial charge in [0.1, 0.15) is 5.82 Å². The van der Waals surface area contributed by atoms with E-state index >= 15 is 0 Å². The minimum absolute atomic E-state index is 0.270. The summed E-state index contributed by atoms with van der Waals surface area (Å²) in [7, 11) is 0. The van der Waals surface area contributed by atoms with Gasteiger partial charge in [0.2, 0.25) is 0 Å². The van der Waals surface area contributed by atoms with Crippen molar-refractivity contribution in [3.63, 3.8) is 0 Å². The first-order valence-electron chi connectivity index (χ1n) is 6.60. The zero-order chi connectivity index (χ0) is 13.3. The average molecular weight is 268 g/mol. The smallest absolute Gasteiger partial charge is 0.128 e. The van der Waals surface area contributed by atoms with E-state index in [1.54, 1.807) is 6.20 Å². The van der Waals surface area contributed by atoms with Crippen LogP contribution in [0.25, 0.3) is 0 Å². The van der Waals surface area contributed by atoms with Crippen LogP contribution >= 0.6 is 11.6 Å². The fourth-order valence-corrected chi connectivity index (χ4v) is 2.73. The number of nitrogens with two attached hydrogens (primary N) is 1. The fourth-order valence-electron chi connectivity index (χ4n) is 2.56. The predicted octanol–water partition coefficient (Wildman–Crippen LogP) is 3.40. The van der Waals surface area contributed by atoms with E-state index in [-0.39, 0.29) is 6.04 Å². The molecule has 0 aliphatic heterocycles. The van der Waals surface area contributed by atoms with Gasteiger partial charge in [0.25, 0.3) is 0 Å². The lowest BCUT2D eigenvalue weighted by Gasteiger charge is -2.22. The summed E-state index contributed by atoms with van der Waals surface area (Å²) in [6, 6.07) is 2.22. The highest BCUT2D eigenvalue weighted by molar-refractivity contribution is 6.30. The number of halogens is 1. The zero-order valence-electron chi connectivity index (χ0n) is 11.3. The molecule has 0 spiro atoms. The lowest BCUT2D eigenvalue weighted by atomic mass is 9.97. The normalized spacial score (nSPS) is 22.8. The molecule has 1 heterocycles. The van der Waals surface area contributed by atoms with Crippen molar-refractivity contribution in [1.29, 1.82) is 0 Å². The molecular weight excluding hydrogens is 246 g/mol. The number of rotatable bonds is 5. The van der Waals surface area contributed by atoms with Gasteiger partial charge in [-0.05, 0) is 36.8 Å². The highest BCUT2D eigenvalue weighted by Crippen LogP contribution is 2.58. The topological polar surface area (TPSA) is 50.9 Å². The number of hydrogen-bond acceptors (Lipinski definition) is 3. The maximum Gasteiger partial charge on any atom is 0.128 e. The molecule has 0 radical (unpaired) electrons. The Morgan fingerprint density at radius 2 is 2.28 bits per heavy atom. The summed E-state index contributed by atoms with van der Waals surface area (Å²) in [4.78, 5) is 4.17. The molecule has 18 heavy (non-hydrogen) atoms. The second kappa shape index (κ2) is 5.06. The first-order chi connectivity index (χ1) is 8.45. The Hall–Kier alpha value is -0.800. The predicted molar refractivity (Wildman–Crippen MR) is 76.6 cm³/mol. The van der Waals surface area contributed by atoms with Gasteiger partial charge in [-0.25, -0.2) is 4.98 Å². The van der Waals surface area contributed by atoms with Crippen molar-refractivity contribution in [1.82, 2.24) is 10.3 Å². The Kier molecular flexibility index (Phi) is 3.83. The van der Waals surface area contributed by atoms with Crippen molar-refractivity contribution < 1.29 is 0 Å². The van der Waals surface area contributed by atoms with E-state index in [1.807, 2.05) is 6.07 Å². The van der Waals surface area contributed by atoms with Crippen LogP contribution in [-0.2, 0) is 0 Å². The Balaban J connectivity index is 2.25. The standard InChI is InChI=1S/C14H22ClN3/c1-4-5-17-12(11-7-14(11,2)3)10-6-9(15)8-18-13(10)16/h6,8,11-12,17H,4-5,7H2,1-3H3,(H2,16,18). The summed E-state index contributed by atoms with van der Waals surface area (Å²) in [5.41, 5.74) is 7.44. The van der Waals surface area contributed by atoms with Gasteiger partial charge in [-0.1, -0.05) is 32.4 Å². The molecule has 0 aromatic carbocycles. The number of aromatic nitrogens is 1. The van der Waals surface area contributed by atoms with Gasteiger partial charge < -0.3 is 11.1 Å². The highest BCUT2D eigenvalue weighted by atomic mass is 35.5. The third kappa shape index (κ3) is 2.78. The lowest BCUT2D eigenvalue weighted by Crippen LogP contribution is -2.26. The Labute approximate surface area is 114 Å². The van der Waals surface area contributed by atoms with Crippen LogP contribution in [0, 0.1) is 11.3 Å². The van der Waals surface area contributed by atoms with Gasteiger partial charge in [-0.2, -0.15) is 0 Å². The van der Waals surface area contributed by atoms with Gasteiger partial charge in [0.05, 0.1) is 5.02 Å². The Bertz CT molecular complexity index is 431. The fraction of sp³-hybridized carbons (Fsp3) is 0.643. The molecule has 1 saturated carbocycles. The van der Waals surface area contributed by atoms with Crippen LogP contribution in [0.4, 0.5) is 5.82 Å². The molecule has 1 fully saturated rings. The molecule has 3 N–H and O–H groups in total. The number of nitrogens with one attached hydrogen (secondary N) is 1. The summed E-state index contributed by atoms with van der Waals surface area (Å²) >= 11 is 6.05. The van der Waals surface area contributed by atoms with Crippen molar-refractivity contribution in [3.8, 4) is 0 Å². The van der Waals surface area contributed by atoms with Crippen molar-refractivity contribution in [3.05, 3.63) is 22.8 Å². The van der Waals surface area contributed by atoms with E-state index in [1.165, 1.54) is 6.42 Å². The maximum atomic E-state index is 6.05. The van der Waals surface area contributed by atoms with Crippen molar-refractivity contribution in [2.75, 3.05) is 12.3 Å². The third-order valence-corrected chi connectivity index (χ3v) is 4.06. The van der Waals surface area contributed by atoms with E-state index in [2.05, 4.69) is 31.1 Å². The molecule has 2 atom stereocenters. The molecule has 0 amide bonds. The quantitative estimate of drug-likeness (QED) is 0.860. The second-order valence-corrected chi connectivity index (χ2v) is 6.30. The van der Waals surface area contributed by atoms with Crippen LogP contribution in [-0.4, -0.2) is 11.5 Å². The Morgan fingerprint density at radius 1 is 1.61 bits per heavy atom. The van der Waals surface area contributed by atoms with Crippen molar-refractivity contribution in [2.24, 2.45) is 11.3 Å². The molecule has 1 aliphatic carbocycles. The number of anilines is 1. The minimum atomic E-state index is 0.270. The van der Waals surface area contributed by atoms with Gasteiger partial charge >= 0.3 is 0 Å². The molecule has 4 heteroatoms. The molecule has 0 bridgehead atoms. The summed E-state index contributed by atoms with van der Waals surface area (Å²) < 4.78 is 0. The van der Waals surface area contributed by atoms with Gasteiger partial charge in [-0.3, -0.25) is 0 Å². The molecule has 1 aromatic rings. The Morgan fingerprint density at radius 3 is 2.83 bits per heavy atom. The summed E-state index contributed by atoms with van der Waals surface area (Å²) in [6.07, 6.45) is 3.94. The van der Waals surface area contributed by atoms with Gasteiger partial charge in [0, 0.05) is 17.8 Å². The van der Waals surface area contributed by atoms with Crippen LogP contribution in [0.5, 0.6) is 0 Å². The minimum Gasteiger partial charge on any atom is -0.383 e. The van der Waals surface area contributed by atoms with E-state index < -0.39 is 0 Å². The SMILES string of the molecule is CCCNC(c1cc(Cl)cnc1N)C1CC1(C)C. The summed E-state index contributed by atoms with van der Waals surface area (Å²) in [5, 5.41) is 4.25. The molecular formula is C14H22ClN3. The third-order valence-electron chi connectivity index (χ3n) is 3.86. The van der Waals surface area contributed by atoms with Gasteiger partial charge in [0.15, 0.2) is 0 Å². The summed E-state index contributed by atoms with van der Waals surface area (Å²) in [6.45, 7) is 7.75. The van der Waals surface area contributed by atoms with Crippen LogP contribution in [0.1, 0.15) is 45.2 Å². The first-order valence-corrected chi connectivity index (χ1v) is 6.98. The molecule has 2 unspecified atom stereocenters. The number of nitrogens with zero attached hydrogens (tertiary/aromatic N) is 1. The second-order valence-electron chi connectivity index (χ2n) is 5.86. The molecule has 100 valence electrons. The molecule has 1 aromatic heterocycles. The zero-order valence-corrected chi connectivity index (χ0v) is 12.1. The molecule has 0 saturated heterocycles. The van der Waals surface area contributed by atoms with Crippen molar-refractivity contribution >= 4 is 17.4 Å². The van der Waals surface area contributed by atoms with E-state index in [4.69, 9.17) is 17.3 Å². The van der Waals surface area contributed by atoms with E-state index in [0.717, 1.165) is 18.5 Å². The van der Waals surface area contributed by atoms with Crippen LogP contribution in [0.3, 0.4) is 0 Å². The number of hydrogen-bond donors (Lipinski definition) is 2. The number of nitrogen functional groups attached to an aromatic ring is 1. The van der Waals surface area contributed by atoms with Crippen LogP contribution < -0.4 is 11.1 Å². The van der Waals surface area contributed by atoms with Crippen LogP contribution in [0.15, 0.2) is 12.3 Å². The average Bonchev–Trinajstić information content (AvgIpc) is 2.93. The number of pyridine rings is 1. The van der Waals surface area contributed by atoms with Crippen LogP contribution in [0.2, 0.25) is 5.02 Å². The van der Waals surface area contributed by atoms with E-state index in [9.17, 15) is 0 Å². The first kappa shape index (κ1) is 13.6. The highest BCUT2D eigenvalue weighted by Gasteiger charge is 2.50. The molecule has 3 nitrogen and oxygen atoms in total. The van der Waals surface area contributed by atoms with Crippen molar-refractivity contribution in [2.45, 2.75) is 39.7 Å². The van der Waals surface area contributed by atoms with E-state index in [0.29, 0.717) is 22.2 Å².